The van der Waals surface area contributed by atoms with E-state index in [2.05, 4.69) is 12.6 Å². The Hall–Kier alpha value is -1.51. The summed E-state index contributed by atoms with van der Waals surface area (Å²) >= 11 is 0. The zero-order valence-electron chi connectivity index (χ0n) is 9.47. The van der Waals surface area contributed by atoms with Crippen LogP contribution in [0.15, 0.2) is 49.1 Å². The zero-order chi connectivity index (χ0) is 11.5. The van der Waals surface area contributed by atoms with Gasteiger partial charge in [0.1, 0.15) is 5.75 Å². The number of fused-ring (bicyclic) bond motifs is 1. The van der Waals surface area contributed by atoms with Crippen LogP contribution in [0, 0.1) is 0 Å². The molecule has 2 rings (SSSR count). The molecule has 2 nitrogen and oxygen atoms in total. The lowest BCUT2D eigenvalue weighted by Gasteiger charge is -2.10. The number of hydrogen-bond donors (Lipinski definition) is 2. The third kappa shape index (κ3) is 2.99. The molecule has 0 saturated carbocycles. The van der Waals surface area contributed by atoms with Crippen molar-refractivity contribution >= 4 is 23.2 Å². The lowest BCUT2D eigenvalue weighted by Crippen LogP contribution is -2.08. The zero-order valence-corrected chi connectivity index (χ0v) is 10.3. The fraction of sp³-hybridized carbons (Fsp3) is 0.143. The van der Waals surface area contributed by atoms with E-state index in [0.717, 1.165) is 22.8 Å². The van der Waals surface area contributed by atoms with Crippen LogP contribution in [-0.4, -0.2) is 5.11 Å². The summed E-state index contributed by atoms with van der Waals surface area (Å²) in [6.45, 7) is 3.69. The van der Waals surface area contributed by atoms with Gasteiger partial charge in [-0.2, -0.15) is 0 Å². The van der Waals surface area contributed by atoms with Crippen LogP contribution in [0.2, 0.25) is 0 Å². The Morgan fingerprint density at radius 1 is 1.18 bits per heavy atom. The first-order valence-electron chi connectivity index (χ1n) is 5.30. The van der Waals surface area contributed by atoms with Gasteiger partial charge in [0.25, 0.3) is 0 Å². The molecule has 0 bridgehead atoms. The highest BCUT2D eigenvalue weighted by Crippen LogP contribution is 2.24. The lowest BCUT2D eigenvalue weighted by atomic mass is 10.0. The number of halogens is 1. The summed E-state index contributed by atoms with van der Waals surface area (Å²) in [6.07, 6.45) is 2.59. The van der Waals surface area contributed by atoms with Gasteiger partial charge in [-0.1, -0.05) is 24.3 Å². The summed E-state index contributed by atoms with van der Waals surface area (Å²) in [4.78, 5) is 0. The monoisotopic (exact) mass is 249 g/mol. The minimum Gasteiger partial charge on any atom is -0.508 e. The van der Waals surface area contributed by atoms with Crippen molar-refractivity contribution in [2.75, 3.05) is 0 Å². The van der Waals surface area contributed by atoms with Gasteiger partial charge in [0.2, 0.25) is 0 Å². The molecule has 0 amide bonds. The van der Waals surface area contributed by atoms with E-state index < -0.39 is 0 Å². The van der Waals surface area contributed by atoms with E-state index in [1.165, 1.54) is 0 Å². The smallest absolute Gasteiger partial charge is 0.116 e. The molecular formula is C14H16ClNO. The molecule has 0 saturated heterocycles. The van der Waals surface area contributed by atoms with Crippen LogP contribution in [0.5, 0.6) is 5.75 Å². The summed E-state index contributed by atoms with van der Waals surface area (Å²) in [6, 6.07) is 11.4. The molecule has 3 heteroatoms. The van der Waals surface area contributed by atoms with Crippen LogP contribution < -0.4 is 5.73 Å². The van der Waals surface area contributed by atoms with E-state index in [-0.39, 0.29) is 24.2 Å². The Balaban J connectivity index is 0.00000144. The van der Waals surface area contributed by atoms with Gasteiger partial charge in [-0.25, -0.2) is 0 Å². The normalized spacial score (nSPS) is 11.8. The van der Waals surface area contributed by atoms with Crippen molar-refractivity contribution in [1.82, 2.24) is 0 Å². The van der Waals surface area contributed by atoms with Gasteiger partial charge in [-0.3, -0.25) is 0 Å². The minimum atomic E-state index is -0.00398. The number of hydrogen-bond acceptors (Lipinski definition) is 2. The molecule has 90 valence electrons. The van der Waals surface area contributed by atoms with Crippen molar-refractivity contribution in [1.29, 1.82) is 0 Å². The van der Waals surface area contributed by atoms with E-state index in [0.29, 0.717) is 0 Å². The van der Waals surface area contributed by atoms with Gasteiger partial charge in [-0.15, -0.1) is 19.0 Å². The molecule has 17 heavy (non-hydrogen) atoms. The van der Waals surface area contributed by atoms with Crippen molar-refractivity contribution < 1.29 is 5.11 Å². The maximum atomic E-state index is 9.36. The number of nitrogens with two attached hydrogens (primary N) is 1. The first-order valence-corrected chi connectivity index (χ1v) is 5.30. The number of aromatic hydroxyl groups is 1. The molecule has 0 spiro atoms. The molecule has 2 aromatic carbocycles. The fourth-order valence-electron chi connectivity index (χ4n) is 1.80. The molecule has 0 heterocycles. The van der Waals surface area contributed by atoms with Gasteiger partial charge >= 0.3 is 0 Å². The SMILES string of the molecule is C=CC[C@H](N)c1ccc2cc(O)ccc2c1.Cl. The van der Waals surface area contributed by atoms with Crippen molar-refractivity contribution in [3.05, 3.63) is 54.6 Å². The molecule has 0 fully saturated rings. The molecule has 2 aromatic rings. The third-order valence-corrected chi connectivity index (χ3v) is 2.70. The third-order valence-electron chi connectivity index (χ3n) is 2.70. The van der Waals surface area contributed by atoms with Crippen LogP contribution in [0.1, 0.15) is 18.0 Å². The largest absolute Gasteiger partial charge is 0.508 e. The van der Waals surface area contributed by atoms with E-state index in [9.17, 15) is 5.11 Å². The Labute approximate surface area is 107 Å². The molecule has 0 aliphatic carbocycles. The van der Waals surface area contributed by atoms with Crippen LogP contribution in [0.25, 0.3) is 10.8 Å². The molecule has 0 aliphatic heterocycles. The van der Waals surface area contributed by atoms with Gasteiger partial charge in [-0.05, 0) is 41.0 Å². The number of phenols is 1. The summed E-state index contributed by atoms with van der Waals surface area (Å²) in [7, 11) is 0. The molecular weight excluding hydrogens is 234 g/mol. The Morgan fingerprint density at radius 3 is 2.53 bits per heavy atom. The van der Waals surface area contributed by atoms with E-state index in [1.54, 1.807) is 12.1 Å². The van der Waals surface area contributed by atoms with E-state index >= 15 is 0 Å². The molecule has 3 N–H and O–H groups in total. The summed E-state index contributed by atoms with van der Waals surface area (Å²) in [5.41, 5.74) is 7.10. The van der Waals surface area contributed by atoms with Crippen molar-refractivity contribution in [2.24, 2.45) is 5.73 Å². The molecule has 1 atom stereocenters. The quantitative estimate of drug-likeness (QED) is 0.818. The van der Waals surface area contributed by atoms with Crippen molar-refractivity contribution in [3.63, 3.8) is 0 Å². The van der Waals surface area contributed by atoms with Crippen LogP contribution >= 0.6 is 12.4 Å². The highest BCUT2D eigenvalue weighted by Gasteiger charge is 2.04. The van der Waals surface area contributed by atoms with Crippen LogP contribution in [-0.2, 0) is 0 Å². The van der Waals surface area contributed by atoms with Crippen LogP contribution in [0.4, 0.5) is 0 Å². The molecule has 0 aliphatic rings. The standard InChI is InChI=1S/C14H15NO.ClH/c1-2-3-14(15)12-5-4-11-9-13(16)7-6-10(11)8-12;/h2,4-9,14,16H,1,3,15H2;1H/t14-;/m0./s1. The lowest BCUT2D eigenvalue weighted by molar-refractivity contribution is 0.476. The summed E-state index contributed by atoms with van der Waals surface area (Å²) in [5.74, 6) is 0.288. The highest BCUT2D eigenvalue weighted by atomic mass is 35.5. The van der Waals surface area contributed by atoms with Gasteiger partial charge in [0, 0.05) is 6.04 Å². The van der Waals surface area contributed by atoms with Crippen LogP contribution in [0.3, 0.4) is 0 Å². The number of benzene rings is 2. The summed E-state index contributed by atoms with van der Waals surface area (Å²) < 4.78 is 0. The molecule has 0 aromatic heterocycles. The Bertz CT molecular complexity index is 525. The maximum absolute atomic E-state index is 9.36. The second kappa shape index (κ2) is 5.71. The van der Waals surface area contributed by atoms with Crippen molar-refractivity contribution in [2.45, 2.75) is 12.5 Å². The maximum Gasteiger partial charge on any atom is 0.116 e. The first kappa shape index (κ1) is 13.6. The molecule has 0 unspecified atom stereocenters. The van der Waals surface area contributed by atoms with Gasteiger partial charge < -0.3 is 10.8 Å². The Morgan fingerprint density at radius 2 is 1.82 bits per heavy atom. The number of phenolic OH excluding ortho intramolecular Hbond substituents is 1. The fourth-order valence-corrected chi connectivity index (χ4v) is 1.80. The second-order valence-electron chi connectivity index (χ2n) is 3.92. The van der Waals surface area contributed by atoms with E-state index in [1.807, 2.05) is 24.3 Å². The first-order chi connectivity index (χ1) is 7.70. The molecule has 0 radical (unpaired) electrons. The van der Waals surface area contributed by atoms with Gasteiger partial charge in [0.05, 0.1) is 0 Å². The predicted molar refractivity (Wildman–Crippen MR) is 74.6 cm³/mol. The highest BCUT2D eigenvalue weighted by molar-refractivity contribution is 5.85. The predicted octanol–water partition coefficient (Wildman–Crippen LogP) is 3.54. The number of rotatable bonds is 3. The van der Waals surface area contributed by atoms with E-state index in [4.69, 9.17) is 5.73 Å². The van der Waals surface area contributed by atoms with Gasteiger partial charge in [0.15, 0.2) is 0 Å². The average molecular weight is 250 g/mol. The minimum absolute atomic E-state index is 0. The average Bonchev–Trinajstić information content (AvgIpc) is 2.28. The van der Waals surface area contributed by atoms with Crippen molar-refractivity contribution in [3.8, 4) is 5.75 Å². The second-order valence-corrected chi connectivity index (χ2v) is 3.92. The summed E-state index contributed by atoms with van der Waals surface area (Å²) in [5, 5.41) is 11.5. The Kier molecular flexibility index (Phi) is 4.55. The topological polar surface area (TPSA) is 46.2 Å².